The Kier molecular flexibility index (Phi) is 3.55. The highest BCUT2D eigenvalue weighted by molar-refractivity contribution is 5.89. The fraction of sp³-hybridized carbons (Fsp3) is 0.500. The lowest BCUT2D eigenvalue weighted by Crippen LogP contribution is -2.23. The average molecular weight is 262 g/mol. The van der Waals surface area contributed by atoms with Crippen molar-refractivity contribution < 1.29 is 14.3 Å². The molecule has 2 fully saturated rings. The summed E-state index contributed by atoms with van der Waals surface area (Å²) in [5.41, 5.74) is 1.88. The highest BCUT2D eigenvalue weighted by atomic mass is 16.6. The summed E-state index contributed by atoms with van der Waals surface area (Å²) >= 11 is 0. The van der Waals surface area contributed by atoms with E-state index < -0.39 is 0 Å². The molecule has 1 aromatic carbocycles. The standard InChI is InChI=1S/C14H18N2O3/c17-14-16(6-8-19-14)12-4-1-3-11(9-12)15-10-13-5-2-7-18-13/h1,3-4,9,13,15H,2,5-8,10H2. The molecule has 0 aromatic heterocycles. The van der Waals surface area contributed by atoms with Crippen molar-refractivity contribution in [2.24, 2.45) is 0 Å². The zero-order valence-corrected chi connectivity index (χ0v) is 10.8. The van der Waals surface area contributed by atoms with Gasteiger partial charge in [0.15, 0.2) is 0 Å². The van der Waals surface area contributed by atoms with Crippen LogP contribution in [0.15, 0.2) is 24.3 Å². The van der Waals surface area contributed by atoms with Crippen molar-refractivity contribution in [3.05, 3.63) is 24.3 Å². The molecule has 2 aliphatic rings. The molecule has 5 heteroatoms. The SMILES string of the molecule is O=C1OCCN1c1cccc(NCC2CCCO2)c1. The Hall–Kier alpha value is -1.75. The molecule has 1 unspecified atom stereocenters. The highest BCUT2D eigenvalue weighted by Gasteiger charge is 2.23. The van der Waals surface area contributed by atoms with Crippen LogP contribution in [0.4, 0.5) is 16.2 Å². The molecule has 0 spiro atoms. The van der Waals surface area contributed by atoms with E-state index in [9.17, 15) is 4.79 Å². The molecule has 0 radical (unpaired) electrons. The van der Waals surface area contributed by atoms with Crippen LogP contribution >= 0.6 is 0 Å². The molecule has 102 valence electrons. The molecule has 1 aromatic rings. The van der Waals surface area contributed by atoms with Crippen molar-refractivity contribution in [3.63, 3.8) is 0 Å². The minimum Gasteiger partial charge on any atom is -0.447 e. The molecule has 1 N–H and O–H groups in total. The van der Waals surface area contributed by atoms with Crippen molar-refractivity contribution in [2.75, 3.05) is 36.5 Å². The third-order valence-corrected chi connectivity index (χ3v) is 3.48. The zero-order valence-electron chi connectivity index (χ0n) is 10.8. The summed E-state index contributed by atoms with van der Waals surface area (Å²) < 4.78 is 10.5. The number of carbonyl (C=O) groups excluding carboxylic acids is 1. The van der Waals surface area contributed by atoms with Gasteiger partial charge < -0.3 is 14.8 Å². The molecule has 1 amide bonds. The minimum atomic E-state index is -0.267. The van der Waals surface area contributed by atoms with Crippen LogP contribution in [-0.4, -0.2) is 38.5 Å². The molecule has 3 rings (SSSR count). The molecule has 0 aliphatic carbocycles. The van der Waals surface area contributed by atoms with Crippen LogP contribution in [0, 0.1) is 0 Å². The zero-order chi connectivity index (χ0) is 13.1. The lowest BCUT2D eigenvalue weighted by atomic mass is 10.2. The first-order chi connectivity index (χ1) is 9.33. The Balaban J connectivity index is 1.63. The highest BCUT2D eigenvalue weighted by Crippen LogP contribution is 2.23. The van der Waals surface area contributed by atoms with E-state index in [1.165, 1.54) is 0 Å². The predicted molar refractivity (Wildman–Crippen MR) is 72.6 cm³/mol. The van der Waals surface area contributed by atoms with Crippen LogP contribution in [0.3, 0.4) is 0 Å². The molecule has 0 saturated carbocycles. The second kappa shape index (κ2) is 5.48. The van der Waals surface area contributed by atoms with E-state index in [1.807, 2.05) is 24.3 Å². The first kappa shape index (κ1) is 12.3. The van der Waals surface area contributed by atoms with E-state index in [4.69, 9.17) is 9.47 Å². The number of benzene rings is 1. The molecule has 0 bridgehead atoms. The van der Waals surface area contributed by atoms with Gasteiger partial charge in [-0.25, -0.2) is 4.79 Å². The van der Waals surface area contributed by atoms with Gasteiger partial charge in [-0.15, -0.1) is 0 Å². The maximum absolute atomic E-state index is 11.5. The summed E-state index contributed by atoms with van der Waals surface area (Å²) in [4.78, 5) is 13.2. The topological polar surface area (TPSA) is 50.8 Å². The summed E-state index contributed by atoms with van der Waals surface area (Å²) in [6.07, 6.45) is 2.30. The van der Waals surface area contributed by atoms with E-state index in [0.717, 1.165) is 37.4 Å². The van der Waals surface area contributed by atoms with Crippen LogP contribution in [-0.2, 0) is 9.47 Å². The third kappa shape index (κ3) is 2.81. The minimum absolute atomic E-state index is 0.267. The Labute approximate surface area is 112 Å². The smallest absolute Gasteiger partial charge is 0.414 e. The molecule has 19 heavy (non-hydrogen) atoms. The van der Waals surface area contributed by atoms with Gasteiger partial charge in [-0.3, -0.25) is 4.90 Å². The van der Waals surface area contributed by atoms with Gasteiger partial charge in [-0.05, 0) is 31.0 Å². The van der Waals surface area contributed by atoms with E-state index in [-0.39, 0.29) is 6.09 Å². The fourth-order valence-electron chi connectivity index (χ4n) is 2.45. The number of rotatable bonds is 4. The van der Waals surface area contributed by atoms with Gasteiger partial charge in [0.1, 0.15) is 6.61 Å². The van der Waals surface area contributed by atoms with Crippen molar-refractivity contribution in [3.8, 4) is 0 Å². The quantitative estimate of drug-likeness (QED) is 0.904. The van der Waals surface area contributed by atoms with Crippen LogP contribution < -0.4 is 10.2 Å². The predicted octanol–water partition coefficient (Wildman–Crippen LogP) is 2.23. The molecule has 2 heterocycles. The van der Waals surface area contributed by atoms with Crippen LogP contribution in [0.5, 0.6) is 0 Å². The number of nitrogens with zero attached hydrogens (tertiary/aromatic N) is 1. The van der Waals surface area contributed by atoms with Gasteiger partial charge >= 0.3 is 6.09 Å². The fourth-order valence-corrected chi connectivity index (χ4v) is 2.45. The lowest BCUT2D eigenvalue weighted by Gasteiger charge is -2.16. The summed E-state index contributed by atoms with van der Waals surface area (Å²) in [5, 5.41) is 3.36. The first-order valence-electron chi connectivity index (χ1n) is 6.73. The molecule has 2 aliphatic heterocycles. The number of carbonyl (C=O) groups is 1. The van der Waals surface area contributed by atoms with Crippen molar-refractivity contribution in [1.82, 2.24) is 0 Å². The van der Waals surface area contributed by atoms with Crippen LogP contribution in [0.1, 0.15) is 12.8 Å². The number of nitrogens with one attached hydrogen (secondary N) is 1. The lowest BCUT2D eigenvalue weighted by molar-refractivity contribution is 0.120. The number of cyclic esters (lactones) is 1. The van der Waals surface area contributed by atoms with Crippen molar-refractivity contribution in [2.45, 2.75) is 18.9 Å². The van der Waals surface area contributed by atoms with Gasteiger partial charge in [-0.2, -0.15) is 0 Å². The summed E-state index contributed by atoms with van der Waals surface area (Å²) in [6, 6.07) is 7.84. The first-order valence-corrected chi connectivity index (χ1v) is 6.73. The second-order valence-corrected chi connectivity index (χ2v) is 4.83. The molecule has 1 atom stereocenters. The van der Waals surface area contributed by atoms with Crippen LogP contribution in [0.2, 0.25) is 0 Å². The number of hydrogen-bond donors (Lipinski definition) is 1. The van der Waals surface area contributed by atoms with Gasteiger partial charge in [0.25, 0.3) is 0 Å². The number of ether oxygens (including phenoxy) is 2. The van der Waals surface area contributed by atoms with Crippen molar-refractivity contribution >= 4 is 17.5 Å². The number of hydrogen-bond acceptors (Lipinski definition) is 4. The normalized spacial score (nSPS) is 22.6. The molecular formula is C14H18N2O3. The molecular weight excluding hydrogens is 244 g/mol. The summed E-state index contributed by atoms with van der Waals surface area (Å²) in [7, 11) is 0. The monoisotopic (exact) mass is 262 g/mol. The van der Waals surface area contributed by atoms with Gasteiger partial charge in [0.2, 0.25) is 0 Å². The van der Waals surface area contributed by atoms with Gasteiger partial charge in [0, 0.05) is 24.5 Å². The van der Waals surface area contributed by atoms with E-state index >= 15 is 0 Å². The molecule has 5 nitrogen and oxygen atoms in total. The Bertz CT molecular complexity index is 458. The van der Waals surface area contributed by atoms with E-state index in [2.05, 4.69) is 5.32 Å². The largest absolute Gasteiger partial charge is 0.447 e. The number of anilines is 2. The second-order valence-electron chi connectivity index (χ2n) is 4.83. The summed E-state index contributed by atoms with van der Waals surface area (Å²) in [5.74, 6) is 0. The Morgan fingerprint density at radius 3 is 3.05 bits per heavy atom. The van der Waals surface area contributed by atoms with Crippen molar-refractivity contribution in [1.29, 1.82) is 0 Å². The third-order valence-electron chi connectivity index (χ3n) is 3.48. The maximum Gasteiger partial charge on any atom is 0.414 e. The average Bonchev–Trinajstić information content (AvgIpc) is 3.08. The molecule has 2 saturated heterocycles. The van der Waals surface area contributed by atoms with Crippen LogP contribution in [0.25, 0.3) is 0 Å². The maximum atomic E-state index is 11.5. The summed E-state index contributed by atoms with van der Waals surface area (Å²) in [6.45, 7) is 2.76. The number of amides is 1. The Morgan fingerprint density at radius 1 is 1.37 bits per heavy atom. The Morgan fingerprint density at radius 2 is 2.32 bits per heavy atom. The van der Waals surface area contributed by atoms with Gasteiger partial charge in [0.05, 0.1) is 12.6 Å². The van der Waals surface area contributed by atoms with E-state index in [1.54, 1.807) is 4.90 Å². The van der Waals surface area contributed by atoms with Gasteiger partial charge in [-0.1, -0.05) is 6.07 Å². The van der Waals surface area contributed by atoms with E-state index in [0.29, 0.717) is 19.3 Å².